The van der Waals surface area contributed by atoms with Crippen molar-refractivity contribution in [2.75, 3.05) is 13.2 Å². The van der Waals surface area contributed by atoms with E-state index in [1.165, 1.54) is 6.92 Å². The number of ether oxygens (including phenoxy) is 3. The van der Waals surface area contributed by atoms with Crippen molar-refractivity contribution in [1.29, 1.82) is 0 Å². The number of carbonyl (C=O) groups excluding carboxylic acids is 3. The highest BCUT2D eigenvalue weighted by Gasteiger charge is 2.38. The smallest absolute Gasteiger partial charge is 0.345 e. The van der Waals surface area contributed by atoms with Gasteiger partial charge in [0.15, 0.2) is 13.2 Å². The van der Waals surface area contributed by atoms with Crippen molar-refractivity contribution in [2.45, 2.75) is 44.6 Å². The lowest BCUT2D eigenvalue weighted by Crippen LogP contribution is -2.36. The molecule has 146 valence electrons. The lowest BCUT2D eigenvalue weighted by atomic mass is 9.79. The summed E-state index contributed by atoms with van der Waals surface area (Å²) in [6.07, 6.45) is 4.19. The Morgan fingerprint density at radius 2 is 1.59 bits per heavy atom. The van der Waals surface area contributed by atoms with Gasteiger partial charge in [-0.2, -0.15) is 0 Å². The molecule has 1 aliphatic rings. The zero-order valence-corrected chi connectivity index (χ0v) is 15.4. The van der Waals surface area contributed by atoms with Gasteiger partial charge in [0, 0.05) is 5.57 Å². The summed E-state index contributed by atoms with van der Waals surface area (Å²) in [5.41, 5.74) is 0.174. The Morgan fingerprint density at radius 3 is 2.19 bits per heavy atom. The van der Waals surface area contributed by atoms with Crippen LogP contribution in [0.1, 0.15) is 44.6 Å². The number of rotatable bonds is 7. The van der Waals surface area contributed by atoms with Gasteiger partial charge in [0.25, 0.3) is 0 Å². The fourth-order valence-corrected chi connectivity index (χ4v) is 3.01. The molecule has 0 unspecified atom stereocenters. The maximum atomic E-state index is 12.2. The second-order valence-electron chi connectivity index (χ2n) is 6.59. The topological polar surface area (TPSA) is 99.1 Å². The van der Waals surface area contributed by atoms with E-state index in [0.717, 1.165) is 24.8 Å². The first-order valence-electron chi connectivity index (χ1n) is 8.82. The van der Waals surface area contributed by atoms with Gasteiger partial charge in [0.05, 0.1) is 0 Å². The molecule has 1 aromatic rings. The Labute approximate surface area is 157 Å². The molecule has 0 atom stereocenters. The molecular weight excluding hydrogens is 352 g/mol. The van der Waals surface area contributed by atoms with Crippen molar-refractivity contribution in [3.63, 3.8) is 0 Å². The average Bonchev–Trinajstić information content (AvgIpc) is 2.65. The number of phenolic OH excluding ortho intramolecular Hbond substituents is 1. The van der Waals surface area contributed by atoms with Gasteiger partial charge in [-0.3, -0.25) is 0 Å². The summed E-state index contributed by atoms with van der Waals surface area (Å²) in [6.45, 7) is 3.69. The zero-order valence-electron chi connectivity index (χ0n) is 15.4. The highest BCUT2D eigenvalue weighted by Crippen LogP contribution is 2.41. The van der Waals surface area contributed by atoms with Crippen LogP contribution in [-0.4, -0.2) is 36.2 Å². The molecule has 1 N–H and O–H groups in total. The first-order valence-corrected chi connectivity index (χ1v) is 8.82. The normalized spacial score (nSPS) is 15.4. The van der Waals surface area contributed by atoms with Crippen LogP contribution in [0.5, 0.6) is 5.75 Å². The fraction of sp³-hybridized carbons (Fsp3) is 0.450. The third kappa shape index (κ3) is 5.84. The van der Waals surface area contributed by atoms with E-state index in [1.807, 2.05) is 0 Å². The third-order valence-corrected chi connectivity index (χ3v) is 4.38. The molecule has 0 radical (unpaired) electrons. The molecular formula is C20H24O7. The van der Waals surface area contributed by atoms with Crippen LogP contribution in [0.4, 0.5) is 0 Å². The summed E-state index contributed by atoms with van der Waals surface area (Å²) in [4.78, 5) is 35.1. The molecule has 0 heterocycles. The van der Waals surface area contributed by atoms with Crippen LogP contribution in [0, 0.1) is 0 Å². The monoisotopic (exact) mass is 376 g/mol. The summed E-state index contributed by atoms with van der Waals surface area (Å²) in [6, 6.07) is 6.57. The minimum atomic E-state index is -0.844. The Balaban J connectivity index is 1.92. The van der Waals surface area contributed by atoms with Gasteiger partial charge >= 0.3 is 17.9 Å². The number of hydrogen-bond acceptors (Lipinski definition) is 7. The van der Waals surface area contributed by atoms with E-state index in [-0.39, 0.29) is 11.3 Å². The van der Waals surface area contributed by atoms with Crippen LogP contribution in [-0.2, 0) is 34.2 Å². The predicted molar refractivity (Wildman–Crippen MR) is 95.7 cm³/mol. The van der Waals surface area contributed by atoms with E-state index in [2.05, 4.69) is 11.3 Å². The summed E-state index contributed by atoms with van der Waals surface area (Å²) in [7, 11) is 0. The van der Waals surface area contributed by atoms with E-state index in [0.29, 0.717) is 12.8 Å². The minimum Gasteiger partial charge on any atom is -0.508 e. The quantitative estimate of drug-likeness (QED) is 0.444. The molecule has 0 aliphatic heterocycles. The first-order chi connectivity index (χ1) is 12.8. The lowest BCUT2D eigenvalue weighted by molar-refractivity contribution is -0.176. The van der Waals surface area contributed by atoms with E-state index >= 15 is 0 Å². The van der Waals surface area contributed by atoms with E-state index in [9.17, 15) is 19.5 Å². The fourth-order valence-electron chi connectivity index (χ4n) is 3.01. The average molecular weight is 376 g/mol. The highest BCUT2D eigenvalue weighted by molar-refractivity contribution is 5.88. The second kappa shape index (κ2) is 9.21. The van der Waals surface area contributed by atoms with Crippen LogP contribution in [0.3, 0.4) is 0 Å². The van der Waals surface area contributed by atoms with Crippen molar-refractivity contribution in [3.8, 4) is 5.75 Å². The van der Waals surface area contributed by atoms with E-state index in [1.54, 1.807) is 24.3 Å². The molecule has 0 aromatic heterocycles. The van der Waals surface area contributed by atoms with Gasteiger partial charge in [-0.05, 0) is 50.3 Å². The molecule has 0 bridgehead atoms. The molecule has 0 saturated heterocycles. The number of carbonyl (C=O) groups is 3. The van der Waals surface area contributed by atoms with Gasteiger partial charge in [0.1, 0.15) is 11.4 Å². The van der Waals surface area contributed by atoms with Crippen molar-refractivity contribution in [1.82, 2.24) is 0 Å². The molecule has 27 heavy (non-hydrogen) atoms. The van der Waals surface area contributed by atoms with Crippen LogP contribution in [0.15, 0.2) is 36.4 Å². The standard InChI is InChI=1S/C20H24O7/c1-14(2)19(24)26-12-17(22)25-13-18(23)27-20(10-4-3-5-11-20)15-6-8-16(21)9-7-15/h6-9,21H,1,3-5,10-13H2,2H3. The van der Waals surface area contributed by atoms with Gasteiger partial charge in [0.2, 0.25) is 0 Å². The van der Waals surface area contributed by atoms with Gasteiger partial charge in [-0.15, -0.1) is 0 Å². The third-order valence-electron chi connectivity index (χ3n) is 4.38. The number of phenols is 1. The molecule has 7 heteroatoms. The number of esters is 3. The van der Waals surface area contributed by atoms with Crippen molar-refractivity contribution < 1.29 is 33.7 Å². The van der Waals surface area contributed by atoms with Crippen LogP contribution in [0.2, 0.25) is 0 Å². The molecule has 1 aliphatic carbocycles. The SMILES string of the molecule is C=C(C)C(=O)OCC(=O)OCC(=O)OC1(c2ccc(O)cc2)CCCCC1. The zero-order chi connectivity index (χ0) is 19.9. The summed E-state index contributed by atoms with van der Waals surface area (Å²) in [5, 5.41) is 9.48. The molecule has 0 spiro atoms. The first kappa shape index (κ1) is 20.5. The summed E-state index contributed by atoms with van der Waals surface area (Å²) >= 11 is 0. The van der Waals surface area contributed by atoms with Gasteiger partial charge in [-0.25, -0.2) is 14.4 Å². The largest absolute Gasteiger partial charge is 0.508 e. The minimum absolute atomic E-state index is 0.134. The highest BCUT2D eigenvalue weighted by atomic mass is 16.6. The van der Waals surface area contributed by atoms with Crippen LogP contribution in [0.25, 0.3) is 0 Å². The molecule has 1 aromatic carbocycles. The number of benzene rings is 1. The van der Waals surface area contributed by atoms with Crippen molar-refractivity contribution in [2.24, 2.45) is 0 Å². The van der Waals surface area contributed by atoms with Gasteiger partial charge in [-0.1, -0.05) is 25.1 Å². The summed E-state index contributed by atoms with van der Waals surface area (Å²) < 4.78 is 15.2. The Kier molecular flexibility index (Phi) is 6.98. The predicted octanol–water partition coefficient (Wildman–Crippen LogP) is 2.76. The van der Waals surface area contributed by atoms with Crippen molar-refractivity contribution in [3.05, 3.63) is 42.0 Å². The number of aromatic hydroxyl groups is 1. The molecule has 1 fully saturated rings. The number of hydrogen-bond donors (Lipinski definition) is 1. The molecule has 0 amide bonds. The Hall–Kier alpha value is -2.83. The van der Waals surface area contributed by atoms with Crippen LogP contribution < -0.4 is 0 Å². The molecule has 1 saturated carbocycles. The molecule has 7 nitrogen and oxygen atoms in total. The lowest BCUT2D eigenvalue weighted by Gasteiger charge is -2.37. The Bertz CT molecular complexity index is 700. The Morgan fingerprint density at radius 1 is 1.00 bits per heavy atom. The maximum Gasteiger partial charge on any atom is 0.345 e. The van der Waals surface area contributed by atoms with Crippen LogP contribution >= 0.6 is 0 Å². The van der Waals surface area contributed by atoms with Crippen molar-refractivity contribution >= 4 is 17.9 Å². The summed E-state index contributed by atoms with van der Waals surface area (Å²) in [5.74, 6) is -2.09. The maximum absolute atomic E-state index is 12.2. The van der Waals surface area contributed by atoms with E-state index in [4.69, 9.17) is 9.47 Å². The second-order valence-corrected chi connectivity index (χ2v) is 6.59. The molecule has 2 rings (SSSR count). The van der Waals surface area contributed by atoms with E-state index < -0.39 is 36.7 Å². The van der Waals surface area contributed by atoms with Gasteiger partial charge < -0.3 is 19.3 Å².